The van der Waals surface area contributed by atoms with E-state index < -0.39 is 0 Å². The van der Waals surface area contributed by atoms with Gasteiger partial charge in [-0.3, -0.25) is 9.69 Å². The molecule has 2 fully saturated rings. The third-order valence-corrected chi connectivity index (χ3v) is 6.16. The Morgan fingerprint density at radius 3 is 2.48 bits per heavy atom. The Morgan fingerprint density at radius 2 is 1.84 bits per heavy atom. The van der Waals surface area contributed by atoms with Gasteiger partial charge < -0.3 is 20.7 Å². The van der Waals surface area contributed by atoms with Gasteiger partial charge in [-0.1, -0.05) is 19.3 Å². The van der Waals surface area contributed by atoms with Gasteiger partial charge in [-0.15, -0.1) is 0 Å². The van der Waals surface area contributed by atoms with Crippen molar-refractivity contribution in [3.05, 3.63) is 36.0 Å². The molecule has 0 spiro atoms. The Morgan fingerprint density at radius 1 is 1.13 bits per heavy atom. The number of aromatic nitrogens is 2. The summed E-state index contributed by atoms with van der Waals surface area (Å²) < 4.78 is 5.42. The van der Waals surface area contributed by atoms with E-state index in [2.05, 4.69) is 25.1 Å². The van der Waals surface area contributed by atoms with Crippen LogP contribution in [0.4, 0.5) is 17.5 Å². The number of amides is 1. The van der Waals surface area contributed by atoms with Gasteiger partial charge in [0.2, 0.25) is 5.95 Å². The molecule has 0 unspecified atom stereocenters. The summed E-state index contributed by atoms with van der Waals surface area (Å²) in [5.74, 6) is 1.23. The van der Waals surface area contributed by atoms with E-state index in [1.165, 1.54) is 38.3 Å². The number of nitrogen functional groups attached to an aromatic ring is 1. The van der Waals surface area contributed by atoms with Gasteiger partial charge in [0, 0.05) is 44.1 Å². The molecule has 3 N–H and O–H groups in total. The molecular weight excluding hydrogens is 392 g/mol. The van der Waals surface area contributed by atoms with Crippen LogP contribution in [0.3, 0.4) is 0 Å². The number of carbonyl (C=O) groups excluding carboxylic acids is 1. The van der Waals surface area contributed by atoms with E-state index in [4.69, 9.17) is 10.5 Å². The van der Waals surface area contributed by atoms with Crippen LogP contribution in [0, 0.1) is 0 Å². The van der Waals surface area contributed by atoms with Crippen molar-refractivity contribution in [2.24, 2.45) is 0 Å². The maximum Gasteiger partial charge on any atom is 0.260 e. The van der Waals surface area contributed by atoms with Crippen LogP contribution in [0.25, 0.3) is 0 Å². The standard InChI is InChI=1S/C23H32N6O2/c1-2-31-19-10-8-17(9-11-19)26-22(30)20-16-25-23(27-21(20)24)29-14-12-28(13-15-29)18-6-4-3-5-7-18/h8-11,16,18H,2-7,12-15H2,1H3,(H,26,30)(H2,24,25,27). The summed E-state index contributed by atoms with van der Waals surface area (Å²) in [6.45, 7) is 6.34. The van der Waals surface area contributed by atoms with Crippen molar-refractivity contribution in [2.75, 3.05) is 48.7 Å². The van der Waals surface area contributed by atoms with E-state index in [0.717, 1.165) is 38.0 Å². The number of anilines is 3. The summed E-state index contributed by atoms with van der Waals surface area (Å²) in [4.78, 5) is 26.3. The summed E-state index contributed by atoms with van der Waals surface area (Å²) in [5.41, 5.74) is 7.06. The molecule has 2 aliphatic rings. The molecule has 1 aromatic carbocycles. The zero-order chi connectivity index (χ0) is 21.6. The lowest BCUT2D eigenvalue weighted by atomic mass is 9.94. The van der Waals surface area contributed by atoms with Crippen molar-refractivity contribution in [3.8, 4) is 5.75 Å². The maximum absolute atomic E-state index is 12.6. The van der Waals surface area contributed by atoms with Crippen molar-refractivity contribution >= 4 is 23.4 Å². The number of rotatable bonds is 6. The Labute approximate surface area is 183 Å². The number of carbonyl (C=O) groups is 1. The van der Waals surface area contributed by atoms with E-state index in [1.807, 2.05) is 19.1 Å². The van der Waals surface area contributed by atoms with E-state index >= 15 is 0 Å². The van der Waals surface area contributed by atoms with Gasteiger partial charge in [0.05, 0.1) is 6.61 Å². The first-order chi connectivity index (χ1) is 15.1. The summed E-state index contributed by atoms with van der Waals surface area (Å²) in [6.07, 6.45) is 8.25. The average molecular weight is 425 g/mol. The molecule has 1 saturated carbocycles. The number of piperazine rings is 1. The fourth-order valence-electron chi connectivity index (χ4n) is 4.45. The normalized spacial score (nSPS) is 18.0. The fourth-order valence-corrected chi connectivity index (χ4v) is 4.45. The Balaban J connectivity index is 1.35. The van der Waals surface area contributed by atoms with Gasteiger partial charge in [0.15, 0.2) is 0 Å². The molecular formula is C23H32N6O2. The molecule has 31 heavy (non-hydrogen) atoms. The molecule has 1 amide bonds. The fraction of sp³-hybridized carbons (Fsp3) is 0.522. The molecule has 166 valence electrons. The van der Waals surface area contributed by atoms with Crippen LogP contribution < -0.4 is 20.7 Å². The van der Waals surface area contributed by atoms with Crippen molar-refractivity contribution in [2.45, 2.75) is 45.1 Å². The van der Waals surface area contributed by atoms with Crippen molar-refractivity contribution in [1.82, 2.24) is 14.9 Å². The Bertz CT molecular complexity index is 874. The number of nitrogens with one attached hydrogen (secondary N) is 1. The zero-order valence-corrected chi connectivity index (χ0v) is 18.2. The average Bonchev–Trinajstić information content (AvgIpc) is 2.81. The van der Waals surface area contributed by atoms with Gasteiger partial charge in [-0.2, -0.15) is 4.98 Å². The lowest BCUT2D eigenvalue weighted by Crippen LogP contribution is -2.51. The van der Waals surface area contributed by atoms with Crippen LogP contribution >= 0.6 is 0 Å². The SMILES string of the molecule is CCOc1ccc(NC(=O)c2cnc(N3CCN(C4CCCCC4)CC3)nc2N)cc1. The first kappa shape index (κ1) is 21.4. The number of nitrogens with zero attached hydrogens (tertiary/aromatic N) is 4. The van der Waals surface area contributed by atoms with Crippen LogP contribution in [0.2, 0.25) is 0 Å². The number of hydrogen-bond acceptors (Lipinski definition) is 7. The van der Waals surface area contributed by atoms with Gasteiger partial charge in [0.25, 0.3) is 5.91 Å². The third-order valence-electron chi connectivity index (χ3n) is 6.16. The highest BCUT2D eigenvalue weighted by Crippen LogP contribution is 2.25. The monoisotopic (exact) mass is 424 g/mol. The molecule has 0 radical (unpaired) electrons. The quantitative estimate of drug-likeness (QED) is 0.735. The molecule has 1 saturated heterocycles. The highest BCUT2D eigenvalue weighted by Gasteiger charge is 2.26. The highest BCUT2D eigenvalue weighted by atomic mass is 16.5. The minimum absolute atomic E-state index is 0.197. The molecule has 2 aromatic rings. The Hall–Kier alpha value is -2.87. The predicted octanol–water partition coefficient (Wildman–Crippen LogP) is 3.16. The van der Waals surface area contributed by atoms with Gasteiger partial charge in [-0.25, -0.2) is 4.98 Å². The Kier molecular flexibility index (Phi) is 6.86. The van der Waals surface area contributed by atoms with Crippen LogP contribution in [-0.2, 0) is 0 Å². The second-order valence-electron chi connectivity index (χ2n) is 8.20. The molecule has 1 aliphatic carbocycles. The molecule has 2 heterocycles. The van der Waals surface area contributed by atoms with E-state index in [9.17, 15) is 4.79 Å². The summed E-state index contributed by atoms with van der Waals surface area (Å²) in [7, 11) is 0. The van der Waals surface area contributed by atoms with Crippen molar-refractivity contribution in [1.29, 1.82) is 0 Å². The number of benzene rings is 1. The molecule has 1 aliphatic heterocycles. The molecule has 1 aromatic heterocycles. The molecule has 8 heteroatoms. The first-order valence-corrected chi connectivity index (χ1v) is 11.3. The van der Waals surface area contributed by atoms with Crippen LogP contribution in [0.1, 0.15) is 49.4 Å². The van der Waals surface area contributed by atoms with Gasteiger partial charge >= 0.3 is 0 Å². The molecule has 0 bridgehead atoms. The maximum atomic E-state index is 12.6. The van der Waals surface area contributed by atoms with E-state index in [1.54, 1.807) is 12.1 Å². The second-order valence-corrected chi connectivity index (χ2v) is 8.20. The minimum Gasteiger partial charge on any atom is -0.494 e. The van der Waals surface area contributed by atoms with Crippen LogP contribution in [0.15, 0.2) is 30.5 Å². The van der Waals surface area contributed by atoms with Crippen molar-refractivity contribution < 1.29 is 9.53 Å². The largest absolute Gasteiger partial charge is 0.494 e. The van der Waals surface area contributed by atoms with E-state index in [0.29, 0.717) is 18.2 Å². The van der Waals surface area contributed by atoms with Gasteiger partial charge in [0.1, 0.15) is 17.1 Å². The van der Waals surface area contributed by atoms with Gasteiger partial charge in [-0.05, 0) is 44.0 Å². The van der Waals surface area contributed by atoms with Crippen LogP contribution in [0.5, 0.6) is 5.75 Å². The lowest BCUT2D eigenvalue weighted by Gasteiger charge is -2.40. The predicted molar refractivity (Wildman–Crippen MR) is 123 cm³/mol. The minimum atomic E-state index is -0.324. The van der Waals surface area contributed by atoms with Crippen molar-refractivity contribution in [3.63, 3.8) is 0 Å². The summed E-state index contributed by atoms with van der Waals surface area (Å²) in [5, 5.41) is 2.83. The second kappa shape index (κ2) is 9.96. The highest BCUT2D eigenvalue weighted by molar-refractivity contribution is 6.07. The smallest absolute Gasteiger partial charge is 0.260 e. The number of hydrogen-bond donors (Lipinski definition) is 2. The van der Waals surface area contributed by atoms with E-state index in [-0.39, 0.29) is 17.3 Å². The topological polar surface area (TPSA) is 96.6 Å². The van der Waals surface area contributed by atoms with Crippen LogP contribution in [-0.4, -0.2) is 59.6 Å². The molecule has 4 rings (SSSR count). The summed E-state index contributed by atoms with van der Waals surface area (Å²) >= 11 is 0. The first-order valence-electron chi connectivity index (χ1n) is 11.3. The lowest BCUT2D eigenvalue weighted by molar-refractivity contribution is 0.102. The molecule has 0 atom stereocenters. The zero-order valence-electron chi connectivity index (χ0n) is 18.2. The molecule has 8 nitrogen and oxygen atoms in total. The number of nitrogens with two attached hydrogens (primary N) is 1. The third kappa shape index (κ3) is 5.25. The number of ether oxygens (including phenoxy) is 1. The summed E-state index contributed by atoms with van der Waals surface area (Å²) in [6, 6.07) is 7.94.